The molecular formula is C15H21FN2O. The summed E-state index contributed by atoms with van der Waals surface area (Å²) < 4.78 is 13.2. The Morgan fingerprint density at radius 1 is 1.47 bits per heavy atom. The van der Waals surface area contributed by atoms with Gasteiger partial charge in [0.1, 0.15) is 5.82 Å². The van der Waals surface area contributed by atoms with Crippen molar-refractivity contribution in [2.24, 2.45) is 0 Å². The van der Waals surface area contributed by atoms with Gasteiger partial charge in [0.25, 0.3) is 0 Å². The van der Waals surface area contributed by atoms with E-state index in [4.69, 9.17) is 0 Å². The van der Waals surface area contributed by atoms with Gasteiger partial charge in [-0.05, 0) is 37.5 Å². The smallest absolute Gasteiger partial charge is 0.219 e. The molecule has 104 valence electrons. The second kappa shape index (κ2) is 5.70. The molecule has 3 nitrogen and oxygen atoms in total. The van der Waals surface area contributed by atoms with Crippen molar-refractivity contribution in [2.45, 2.75) is 44.8 Å². The van der Waals surface area contributed by atoms with Gasteiger partial charge in [-0.3, -0.25) is 4.79 Å². The highest BCUT2D eigenvalue weighted by atomic mass is 19.1. The van der Waals surface area contributed by atoms with Gasteiger partial charge in [0.15, 0.2) is 0 Å². The Morgan fingerprint density at radius 3 is 2.84 bits per heavy atom. The van der Waals surface area contributed by atoms with Crippen LogP contribution >= 0.6 is 0 Å². The van der Waals surface area contributed by atoms with Crippen molar-refractivity contribution in [3.05, 3.63) is 35.6 Å². The first-order valence-electron chi connectivity index (χ1n) is 6.74. The lowest BCUT2D eigenvalue weighted by Crippen LogP contribution is -2.46. The van der Waals surface area contributed by atoms with E-state index in [1.807, 2.05) is 20.0 Å². The third-order valence-electron chi connectivity index (χ3n) is 4.12. The van der Waals surface area contributed by atoms with Crippen molar-refractivity contribution >= 4 is 5.91 Å². The highest BCUT2D eigenvalue weighted by Gasteiger charge is 2.31. The van der Waals surface area contributed by atoms with E-state index < -0.39 is 0 Å². The number of halogens is 1. The number of hydrogen-bond acceptors (Lipinski definition) is 2. The standard InChI is InChI=1S/C15H21FN2O/c1-10(18(3)11(2)19)14-7-8-15(17-14)12-5-4-6-13(16)9-12/h4-6,9-10,14-15,17H,7-8H2,1-3H3/t10-,14+,15-/m0/s1. The first-order valence-corrected chi connectivity index (χ1v) is 6.74. The van der Waals surface area contributed by atoms with Crippen LogP contribution in [0.25, 0.3) is 0 Å². The van der Waals surface area contributed by atoms with E-state index in [0.717, 1.165) is 18.4 Å². The van der Waals surface area contributed by atoms with Gasteiger partial charge in [0, 0.05) is 32.1 Å². The Labute approximate surface area is 113 Å². The fourth-order valence-corrected chi connectivity index (χ4v) is 2.69. The normalized spacial score (nSPS) is 24.2. The monoisotopic (exact) mass is 264 g/mol. The number of rotatable bonds is 3. The van der Waals surface area contributed by atoms with E-state index in [2.05, 4.69) is 5.32 Å². The summed E-state index contributed by atoms with van der Waals surface area (Å²) in [5, 5.41) is 3.51. The molecule has 0 bridgehead atoms. The molecule has 1 saturated heterocycles. The second-order valence-corrected chi connectivity index (χ2v) is 5.33. The number of carbonyl (C=O) groups is 1. The number of carbonyl (C=O) groups excluding carboxylic acids is 1. The molecule has 4 heteroatoms. The summed E-state index contributed by atoms with van der Waals surface area (Å²) in [6.45, 7) is 3.63. The number of hydrogen-bond donors (Lipinski definition) is 1. The van der Waals surface area contributed by atoms with Crippen molar-refractivity contribution in [3.8, 4) is 0 Å². The number of likely N-dealkylation sites (N-methyl/N-ethyl adjacent to an activating group) is 1. The van der Waals surface area contributed by atoms with Crippen LogP contribution in [0, 0.1) is 5.82 Å². The van der Waals surface area contributed by atoms with Gasteiger partial charge < -0.3 is 10.2 Å². The van der Waals surface area contributed by atoms with Crippen molar-refractivity contribution in [1.82, 2.24) is 10.2 Å². The fourth-order valence-electron chi connectivity index (χ4n) is 2.69. The van der Waals surface area contributed by atoms with Crippen LogP contribution in [-0.2, 0) is 4.79 Å². The van der Waals surface area contributed by atoms with Gasteiger partial charge in [0.05, 0.1) is 0 Å². The molecule has 0 unspecified atom stereocenters. The van der Waals surface area contributed by atoms with Crippen LogP contribution in [-0.4, -0.2) is 29.9 Å². The van der Waals surface area contributed by atoms with Gasteiger partial charge in [-0.2, -0.15) is 0 Å². The predicted molar refractivity (Wildman–Crippen MR) is 73.2 cm³/mol. The molecule has 1 aliphatic rings. The van der Waals surface area contributed by atoms with Crippen molar-refractivity contribution in [1.29, 1.82) is 0 Å². The molecule has 1 aromatic rings. The maximum absolute atomic E-state index is 13.2. The number of benzene rings is 1. The highest BCUT2D eigenvalue weighted by molar-refractivity contribution is 5.73. The van der Waals surface area contributed by atoms with Gasteiger partial charge >= 0.3 is 0 Å². The van der Waals surface area contributed by atoms with Gasteiger partial charge in [-0.1, -0.05) is 12.1 Å². The molecule has 2 rings (SSSR count). The van der Waals surface area contributed by atoms with Crippen LogP contribution < -0.4 is 5.32 Å². The maximum atomic E-state index is 13.2. The molecule has 1 N–H and O–H groups in total. The summed E-state index contributed by atoms with van der Waals surface area (Å²) in [5.41, 5.74) is 0.986. The van der Waals surface area contributed by atoms with Crippen LogP contribution in [0.5, 0.6) is 0 Å². The SMILES string of the molecule is CC(=O)N(C)[C@@H](C)[C@H]1CC[C@@H](c2cccc(F)c2)N1. The van der Waals surface area contributed by atoms with E-state index in [-0.39, 0.29) is 29.8 Å². The molecule has 0 aliphatic carbocycles. The third-order valence-corrected chi connectivity index (χ3v) is 4.12. The summed E-state index contributed by atoms with van der Waals surface area (Å²) in [6, 6.07) is 7.33. The second-order valence-electron chi connectivity index (χ2n) is 5.33. The third kappa shape index (κ3) is 3.13. The van der Waals surface area contributed by atoms with E-state index in [9.17, 15) is 9.18 Å². The minimum atomic E-state index is -0.198. The zero-order valence-electron chi connectivity index (χ0n) is 11.7. The van der Waals surface area contributed by atoms with Gasteiger partial charge in [-0.15, -0.1) is 0 Å². The number of nitrogens with zero attached hydrogens (tertiary/aromatic N) is 1. The molecule has 0 spiro atoms. The van der Waals surface area contributed by atoms with E-state index >= 15 is 0 Å². The predicted octanol–water partition coefficient (Wildman–Crippen LogP) is 2.49. The quantitative estimate of drug-likeness (QED) is 0.909. The zero-order valence-corrected chi connectivity index (χ0v) is 11.7. The minimum Gasteiger partial charge on any atom is -0.342 e. The number of nitrogens with one attached hydrogen (secondary N) is 1. The van der Waals surface area contributed by atoms with E-state index in [1.54, 1.807) is 24.0 Å². The molecule has 1 amide bonds. The van der Waals surface area contributed by atoms with Crippen molar-refractivity contribution < 1.29 is 9.18 Å². The maximum Gasteiger partial charge on any atom is 0.219 e. The van der Waals surface area contributed by atoms with Crippen LogP contribution in [0.1, 0.15) is 38.3 Å². The Morgan fingerprint density at radius 2 is 2.21 bits per heavy atom. The first-order chi connectivity index (χ1) is 8.99. The molecule has 19 heavy (non-hydrogen) atoms. The Bertz CT molecular complexity index is 463. The zero-order chi connectivity index (χ0) is 14.0. The molecule has 1 aromatic carbocycles. The lowest BCUT2D eigenvalue weighted by molar-refractivity contribution is -0.129. The summed E-state index contributed by atoms with van der Waals surface area (Å²) in [4.78, 5) is 13.1. The Hall–Kier alpha value is -1.42. The summed E-state index contributed by atoms with van der Waals surface area (Å²) in [5.74, 6) is -0.125. The summed E-state index contributed by atoms with van der Waals surface area (Å²) in [7, 11) is 1.82. The first kappa shape index (κ1) is 14.0. The lowest BCUT2D eigenvalue weighted by atomic mass is 10.0. The van der Waals surface area contributed by atoms with Gasteiger partial charge in [0.2, 0.25) is 5.91 Å². The topological polar surface area (TPSA) is 32.3 Å². The fraction of sp³-hybridized carbons (Fsp3) is 0.533. The summed E-state index contributed by atoms with van der Waals surface area (Å²) >= 11 is 0. The van der Waals surface area contributed by atoms with Crippen molar-refractivity contribution in [3.63, 3.8) is 0 Å². The molecule has 1 heterocycles. The van der Waals surface area contributed by atoms with Crippen LogP contribution in [0.4, 0.5) is 4.39 Å². The van der Waals surface area contributed by atoms with E-state index in [0.29, 0.717) is 0 Å². The molecular weight excluding hydrogens is 243 g/mol. The number of amides is 1. The molecule has 0 aromatic heterocycles. The largest absolute Gasteiger partial charge is 0.342 e. The highest BCUT2D eigenvalue weighted by Crippen LogP contribution is 2.29. The average Bonchev–Trinajstić information content (AvgIpc) is 2.86. The van der Waals surface area contributed by atoms with Crippen molar-refractivity contribution in [2.75, 3.05) is 7.05 Å². The average molecular weight is 264 g/mol. The van der Waals surface area contributed by atoms with Crippen LogP contribution in [0.15, 0.2) is 24.3 Å². The minimum absolute atomic E-state index is 0.0727. The molecule has 0 radical (unpaired) electrons. The van der Waals surface area contributed by atoms with Gasteiger partial charge in [-0.25, -0.2) is 4.39 Å². The van der Waals surface area contributed by atoms with Crippen LogP contribution in [0.2, 0.25) is 0 Å². The Kier molecular flexibility index (Phi) is 4.20. The summed E-state index contributed by atoms with van der Waals surface area (Å²) in [6.07, 6.45) is 1.98. The molecule has 3 atom stereocenters. The molecule has 1 aliphatic heterocycles. The Balaban J connectivity index is 2.02. The molecule has 1 fully saturated rings. The lowest BCUT2D eigenvalue weighted by Gasteiger charge is -2.29. The van der Waals surface area contributed by atoms with Crippen LogP contribution in [0.3, 0.4) is 0 Å². The molecule has 0 saturated carbocycles. The van der Waals surface area contributed by atoms with E-state index in [1.165, 1.54) is 6.07 Å².